The Kier molecular flexibility index (Phi) is 6.74. The van der Waals surface area contributed by atoms with Crippen molar-refractivity contribution in [3.05, 3.63) is 59.8 Å². The molecule has 0 saturated carbocycles. The summed E-state index contributed by atoms with van der Waals surface area (Å²) < 4.78 is 10.8. The lowest BCUT2D eigenvalue weighted by Crippen LogP contribution is -2.34. The van der Waals surface area contributed by atoms with Crippen LogP contribution in [-0.4, -0.2) is 55.7 Å². The summed E-state index contributed by atoms with van der Waals surface area (Å²) in [6.45, 7) is 2.72. The van der Waals surface area contributed by atoms with Gasteiger partial charge in [-0.15, -0.1) is 0 Å². The zero-order valence-electron chi connectivity index (χ0n) is 17.4. The highest BCUT2D eigenvalue weighted by atomic mass is 16.5. The molecule has 0 aromatic heterocycles. The van der Waals surface area contributed by atoms with E-state index < -0.39 is 11.8 Å². The Morgan fingerprint density at radius 1 is 0.967 bits per heavy atom. The van der Waals surface area contributed by atoms with Crippen LogP contribution in [0.3, 0.4) is 0 Å². The molecule has 2 amide bonds. The molecule has 0 atom stereocenters. The number of amides is 2. The molecule has 7 nitrogen and oxygen atoms in total. The van der Waals surface area contributed by atoms with Gasteiger partial charge in [0.05, 0.1) is 31.6 Å². The number of ether oxygens (including phenoxy) is 2. The Hall–Kier alpha value is -3.32. The van der Waals surface area contributed by atoms with Gasteiger partial charge in [-0.25, -0.2) is 4.90 Å². The van der Waals surface area contributed by atoms with Crippen LogP contribution in [0.15, 0.2) is 54.2 Å². The van der Waals surface area contributed by atoms with Gasteiger partial charge in [0.15, 0.2) is 0 Å². The van der Waals surface area contributed by atoms with Crippen molar-refractivity contribution >= 4 is 23.1 Å². The standard InChI is InChI=1S/C23H26N2O5/c1-4-15-30-19-9-5-16(6-10-19)20-21(24(2)13-14-26)23(28)25(22(20)27)17-7-11-18(29-3)12-8-17/h5-12,26H,4,13-15H2,1-3H3. The lowest BCUT2D eigenvalue weighted by molar-refractivity contribution is -0.120. The molecule has 7 heteroatoms. The summed E-state index contributed by atoms with van der Waals surface area (Å²) in [5.74, 6) is 0.496. The van der Waals surface area contributed by atoms with E-state index in [4.69, 9.17) is 9.47 Å². The average molecular weight is 410 g/mol. The van der Waals surface area contributed by atoms with Crippen LogP contribution in [0.2, 0.25) is 0 Å². The first kappa shape index (κ1) is 21.4. The second kappa shape index (κ2) is 9.45. The van der Waals surface area contributed by atoms with E-state index in [-0.39, 0.29) is 18.8 Å². The molecule has 0 radical (unpaired) electrons. The maximum Gasteiger partial charge on any atom is 0.282 e. The number of methoxy groups -OCH3 is 1. The summed E-state index contributed by atoms with van der Waals surface area (Å²) in [6, 6.07) is 13.9. The lowest BCUT2D eigenvalue weighted by Gasteiger charge is -2.20. The van der Waals surface area contributed by atoms with Gasteiger partial charge in [-0.1, -0.05) is 19.1 Å². The van der Waals surface area contributed by atoms with Crippen LogP contribution < -0.4 is 14.4 Å². The zero-order chi connectivity index (χ0) is 21.7. The number of hydrogen-bond donors (Lipinski definition) is 1. The minimum atomic E-state index is -0.428. The number of carbonyl (C=O) groups excluding carboxylic acids is 2. The summed E-state index contributed by atoms with van der Waals surface area (Å²) in [4.78, 5) is 29.4. The number of imide groups is 1. The summed E-state index contributed by atoms with van der Waals surface area (Å²) >= 11 is 0. The summed E-state index contributed by atoms with van der Waals surface area (Å²) in [7, 11) is 3.24. The third-order valence-electron chi connectivity index (χ3n) is 4.82. The molecule has 0 bridgehead atoms. The van der Waals surface area contributed by atoms with E-state index in [0.29, 0.717) is 34.9 Å². The van der Waals surface area contributed by atoms with Gasteiger partial charge in [0.25, 0.3) is 11.8 Å². The number of aliphatic hydroxyl groups excluding tert-OH is 1. The molecular formula is C23H26N2O5. The van der Waals surface area contributed by atoms with Crippen molar-refractivity contribution in [2.45, 2.75) is 13.3 Å². The first-order valence-electron chi connectivity index (χ1n) is 9.84. The van der Waals surface area contributed by atoms with Crippen molar-refractivity contribution in [3.63, 3.8) is 0 Å². The number of benzene rings is 2. The normalized spacial score (nSPS) is 13.8. The molecule has 1 aliphatic rings. The van der Waals surface area contributed by atoms with E-state index in [9.17, 15) is 14.7 Å². The molecule has 158 valence electrons. The first-order valence-corrected chi connectivity index (χ1v) is 9.84. The molecule has 0 unspecified atom stereocenters. The van der Waals surface area contributed by atoms with Crippen molar-refractivity contribution in [1.82, 2.24) is 4.90 Å². The minimum Gasteiger partial charge on any atom is -0.497 e. The predicted molar refractivity (Wildman–Crippen MR) is 114 cm³/mol. The highest BCUT2D eigenvalue weighted by Crippen LogP contribution is 2.35. The number of carbonyl (C=O) groups is 2. The van der Waals surface area contributed by atoms with Crippen LogP contribution in [0.4, 0.5) is 5.69 Å². The molecule has 2 aromatic carbocycles. The van der Waals surface area contributed by atoms with Gasteiger partial charge >= 0.3 is 0 Å². The van der Waals surface area contributed by atoms with E-state index in [1.54, 1.807) is 67.6 Å². The summed E-state index contributed by atoms with van der Waals surface area (Å²) in [6.07, 6.45) is 0.896. The second-order valence-electron chi connectivity index (χ2n) is 6.89. The number of likely N-dealkylation sites (N-methyl/N-ethyl adjacent to an activating group) is 1. The fourth-order valence-electron chi connectivity index (χ4n) is 3.30. The maximum absolute atomic E-state index is 13.3. The fourth-order valence-corrected chi connectivity index (χ4v) is 3.30. The SMILES string of the molecule is CCCOc1ccc(C2=C(N(C)CCO)C(=O)N(c3ccc(OC)cc3)C2=O)cc1. The van der Waals surface area contributed by atoms with Crippen molar-refractivity contribution in [2.75, 3.05) is 38.8 Å². The second-order valence-corrected chi connectivity index (χ2v) is 6.89. The molecule has 0 aliphatic carbocycles. The van der Waals surface area contributed by atoms with Crippen LogP contribution in [0, 0.1) is 0 Å². The molecular weight excluding hydrogens is 384 g/mol. The van der Waals surface area contributed by atoms with Crippen LogP contribution in [-0.2, 0) is 9.59 Å². The zero-order valence-corrected chi connectivity index (χ0v) is 17.4. The predicted octanol–water partition coefficient (Wildman–Crippen LogP) is 2.69. The Bertz CT molecular complexity index is 935. The molecule has 3 rings (SSSR count). The molecule has 1 N–H and O–H groups in total. The topological polar surface area (TPSA) is 79.3 Å². The lowest BCUT2D eigenvalue weighted by atomic mass is 10.0. The highest BCUT2D eigenvalue weighted by Gasteiger charge is 2.41. The third kappa shape index (κ3) is 4.16. The van der Waals surface area contributed by atoms with E-state index in [0.717, 1.165) is 11.3 Å². The van der Waals surface area contributed by atoms with E-state index in [2.05, 4.69) is 0 Å². The Morgan fingerprint density at radius 3 is 2.17 bits per heavy atom. The average Bonchev–Trinajstić information content (AvgIpc) is 3.03. The van der Waals surface area contributed by atoms with Crippen molar-refractivity contribution in [1.29, 1.82) is 0 Å². The van der Waals surface area contributed by atoms with Crippen LogP contribution in [0.1, 0.15) is 18.9 Å². The van der Waals surface area contributed by atoms with Gasteiger partial charge in [-0.05, 0) is 48.4 Å². The Labute approximate surface area is 176 Å². The minimum absolute atomic E-state index is 0.138. The van der Waals surface area contributed by atoms with Crippen LogP contribution in [0.5, 0.6) is 11.5 Å². The van der Waals surface area contributed by atoms with E-state index in [1.807, 2.05) is 6.92 Å². The highest BCUT2D eigenvalue weighted by molar-refractivity contribution is 6.45. The monoisotopic (exact) mass is 410 g/mol. The summed E-state index contributed by atoms with van der Waals surface area (Å²) in [5, 5.41) is 9.36. The number of hydrogen-bond acceptors (Lipinski definition) is 6. The molecule has 2 aromatic rings. The molecule has 30 heavy (non-hydrogen) atoms. The van der Waals surface area contributed by atoms with E-state index in [1.165, 1.54) is 0 Å². The molecule has 0 saturated heterocycles. The number of rotatable bonds is 9. The van der Waals surface area contributed by atoms with Crippen molar-refractivity contribution in [2.24, 2.45) is 0 Å². The molecule has 0 fully saturated rings. The largest absolute Gasteiger partial charge is 0.497 e. The van der Waals surface area contributed by atoms with Crippen LogP contribution >= 0.6 is 0 Å². The van der Waals surface area contributed by atoms with Gasteiger partial charge < -0.3 is 19.5 Å². The Balaban J connectivity index is 2.01. The quantitative estimate of drug-likeness (QED) is 0.641. The number of aliphatic hydroxyl groups is 1. The van der Waals surface area contributed by atoms with Crippen LogP contribution in [0.25, 0.3) is 5.57 Å². The molecule has 1 heterocycles. The van der Waals surface area contributed by atoms with Gasteiger partial charge in [0.1, 0.15) is 17.2 Å². The van der Waals surface area contributed by atoms with Gasteiger partial charge in [0, 0.05) is 13.6 Å². The first-order chi connectivity index (χ1) is 14.5. The Morgan fingerprint density at radius 2 is 1.60 bits per heavy atom. The van der Waals surface area contributed by atoms with Gasteiger partial charge in [0.2, 0.25) is 0 Å². The third-order valence-corrected chi connectivity index (χ3v) is 4.82. The maximum atomic E-state index is 13.3. The number of nitrogens with zero attached hydrogens (tertiary/aromatic N) is 2. The number of anilines is 1. The van der Waals surface area contributed by atoms with Crippen molar-refractivity contribution in [3.8, 4) is 11.5 Å². The van der Waals surface area contributed by atoms with Gasteiger partial charge in [-0.3, -0.25) is 9.59 Å². The molecule has 1 aliphatic heterocycles. The van der Waals surface area contributed by atoms with Gasteiger partial charge in [-0.2, -0.15) is 0 Å². The van der Waals surface area contributed by atoms with E-state index >= 15 is 0 Å². The fraction of sp³-hybridized carbons (Fsp3) is 0.304. The smallest absolute Gasteiger partial charge is 0.282 e. The molecule has 0 spiro atoms. The van der Waals surface area contributed by atoms with Crippen molar-refractivity contribution < 1.29 is 24.2 Å². The summed E-state index contributed by atoms with van der Waals surface area (Å²) in [5.41, 5.74) is 1.63.